The second-order valence-electron chi connectivity index (χ2n) is 43.4. The molecular formula is C72H160N4O10S2Si16. The largest absolute Gasteiger partial charge is 0.497 e. The van der Waals surface area contributed by atoms with Gasteiger partial charge in [0.2, 0.25) is 0 Å². The van der Waals surface area contributed by atoms with Gasteiger partial charge in [0.25, 0.3) is 20.0 Å². The van der Waals surface area contributed by atoms with Crippen LogP contribution < -0.4 is 19.1 Å². The molecule has 2 fully saturated rings. The van der Waals surface area contributed by atoms with Gasteiger partial charge in [-0.05, 0) is 98.9 Å². The van der Waals surface area contributed by atoms with E-state index in [9.17, 15) is 16.8 Å². The maximum Gasteiger partial charge on any atom is 0.276 e. The monoisotopic (exact) mass is 1750 g/mol. The summed E-state index contributed by atoms with van der Waals surface area (Å²) in [5, 5.41) is 8.79. The fourth-order valence-electron chi connectivity index (χ4n) is 23.3. The molecule has 2 aliphatic rings. The molecule has 0 aliphatic heterocycles. The predicted octanol–water partition coefficient (Wildman–Crippen LogP) is 21.0. The minimum Gasteiger partial charge on any atom is -0.497 e. The summed E-state index contributed by atoms with van der Waals surface area (Å²) in [7, 11) is -25.3. The van der Waals surface area contributed by atoms with Crippen LogP contribution in [0.3, 0.4) is 0 Å². The highest BCUT2D eigenvalue weighted by molar-refractivity contribution is 7.91. The maximum atomic E-state index is 13.2. The first-order valence-corrected chi connectivity index (χ1v) is 104. The Bertz CT molecular complexity index is 2940. The second-order valence-corrected chi connectivity index (χ2v) is 204. The van der Waals surface area contributed by atoms with Gasteiger partial charge in [0.15, 0.2) is 27.5 Å². The summed E-state index contributed by atoms with van der Waals surface area (Å²) in [4.78, 5) is 5.35. The van der Waals surface area contributed by atoms with Crippen molar-refractivity contribution in [1.82, 2.24) is 9.66 Å². The molecule has 4 atom stereocenters. The Hall–Kier alpha value is 0.190. The van der Waals surface area contributed by atoms with Gasteiger partial charge < -0.3 is 27.2 Å². The topological polar surface area (TPSA) is 172 Å². The first-order chi connectivity index (χ1) is 46.6. The highest BCUT2D eigenvalue weighted by atomic mass is 32.2. The highest BCUT2D eigenvalue weighted by Gasteiger charge is 2.69. The van der Waals surface area contributed by atoms with Crippen LogP contribution in [0.25, 0.3) is 0 Å². The lowest BCUT2D eigenvalue weighted by atomic mass is 9.83. The van der Waals surface area contributed by atoms with E-state index >= 15 is 0 Å². The summed E-state index contributed by atoms with van der Waals surface area (Å²) < 4.78 is 96.1. The minimum atomic E-state index is -3.82. The lowest BCUT2D eigenvalue weighted by Gasteiger charge is -2.59. The van der Waals surface area contributed by atoms with Crippen LogP contribution in [-0.2, 0) is 37.8 Å². The number of methoxy groups -OCH3 is 2. The first kappa shape index (κ1) is 98.4. The molecule has 2 aromatic rings. The van der Waals surface area contributed by atoms with Gasteiger partial charge >= 0.3 is 0 Å². The van der Waals surface area contributed by atoms with Gasteiger partial charge in [-0.15, -0.1) is 0 Å². The Balaban J connectivity index is 0.000000540. The van der Waals surface area contributed by atoms with Crippen LogP contribution in [0, 0.1) is 11.8 Å². The average Bonchev–Trinajstić information content (AvgIpc) is 0.759. The molecular weight excluding hydrogens is 1590 g/mol. The molecule has 32 heteroatoms. The number of nitrogens with zero attached hydrogens (tertiary/aromatic N) is 2. The van der Waals surface area contributed by atoms with Gasteiger partial charge in [-0.25, -0.2) is 9.66 Å². The van der Waals surface area contributed by atoms with E-state index in [4.69, 9.17) is 27.2 Å². The highest BCUT2D eigenvalue weighted by Crippen LogP contribution is 2.48. The van der Waals surface area contributed by atoms with E-state index in [0.717, 1.165) is 12.8 Å². The number of nitrogens with one attached hydrogen (secondary N) is 2. The smallest absolute Gasteiger partial charge is 0.276 e. The first-order valence-electron chi connectivity index (χ1n) is 39.6. The molecule has 0 unspecified atom stereocenters. The molecule has 2 saturated carbocycles. The number of hydrazone groups is 2. The molecule has 0 spiro atoms. The summed E-state index contributed by atoms with van der Waals surface area (Å²) in [5.41, 5.74) is 0. The van der Waals surface area contributed by atoms with Crippen molar-refractivity contribution in [2.24, 2.45) is 22.0 Å². The summed E-state index contributed by atoms with van der Waals surface area (Å²) in [6, 6.07) is 12.8. The zero-order valence-electron chi connectivity index (χ0n) is 73.9. The van der Waals surface area contributed by atoms with Crippen molar-refractivity contribution >= 4 is 151 Å². The van der Waals surface area contributed by atoms with Crippen molar-refractivity contribution in [3.8, 4) is 11.5 Å². The second kappa shape index (κ2) is 36.3. The molecule has 2 aliphatic carbocycles. The normalized spacial score (nSPS) is 18.1. The number of ether oxygens (including phenoxy) is 2. The molecule has 104 heavy (non-hydrogen) atoms. The predicted molar refractivity (Wildman–Crippen MR) is 498 cm³/mol. The zero-order chi connectivity index (χ0) is 80.8. The van der Waals surface area contributed by atoms with Gasteiger partial charge in [-0.1, -0.05) is 274 Å². The number of hydrogen-bond donors (Lipinski definition) is 2. The van der Waals surface area contributed by atoms with Crippen molar-refractivity contribution in [2.45, 2.75) is 360 Å². The Morgan fingerprint density at radius 1 is 0.337 bits per heavy atom. The molecule has 2 N–H and O–H groups in total. The van der Waals surface area contributed by atoms with E-state index in [0.29, 0.717) is 36.2 Å². The molecule has 0 radical (unpaired) electrons. The fraction of sp³-hybridized carbons (Fsp3) is 0.806. The van der Waals surface area contributed by atoms with Gasteiger partial charge in [-0.2, -0.15) is 27.0 Å². The third-order valence-corrected chi connectivity index (χ3v) is 296. The zero-order valence-corrected chi connectivity index (χ0v) is 91.6. The van der Waals surface area contributed by atoms with Crippen molar-refractivity contribution < 1.29 is 44.0 Å². The van der Waals surface area contributed by atoms with E-state index in [-0.39, 0.29) is 34.2 Å². The molecule has 0 bridgehead atoms. The SMILES string of the molecule is COc1ccc(S(=O)(=O)N/N=C/C[C@H](C[C@@H](O[Si]([Si](C)(C)C)([Si](C)(C)C)[Si](C)(C)C)C2CCCCC2)O[Si]([Si](C)(C)C)([Si](C)(C)C)[Si](C)(C)C)cc1.COc1ccc(S(=O)(=O)N/N=C/C[C@H](C[C@@H](O[Si]([Si](C)(C)C)([Si](C)(C)C)[Si](C)(C)C)C2CCCCC2)O[Si]([Si](C)(C)C)([Si](C)(C)C)[Si](C)(C)C)cc1. The lowest BCUT2D eigenvalue weighted by Crippen LogP contribution is -2.85. The third kappa shape index (κ3) is 23.2. The van der Waals surface area contributed by atoms with E-state index in [1.807, 2.05) is 0 Å². The lowest BCUT2D eigenvalue weighted by molar-refractivity contribution is 0.0594. The number of benzene rings is 2. The summed E-state index contributed by atoms with van der Waals surface area (Å²) in [5.74, 6) is 2.31. The Morgan fingerprint density at radius 2 is 0.538 bits per heavy atom. The van der Waals surface area contributed by atoms with Crippen molar-refractivity contribution in [1.29, 1.82) is 0 Å². The Kier molecular flexibility index (Phi) is 34.4. The van der Waals surface area contributed by atoms with Crippen LogP contribution >= 0.6 is 0 Å². The molecule has 0 saturated heterocycles. The summed E-state index contributed by atoms with van der Waals surface area (Å²) in [6.07, 6.45) is 19.4. The van der Waals surface area contributed by atoms with Crippen LogP contribution in [0.4, 0.5) is 0 Å². The van der Waals surface area contributed by atoms with Crippen molar-refractivity contribution in [2.75, 3.05) is 14.2 Å². The third-order valence-electron chi connectivity index (χ3n) is 23.4. The van der Waals surface area contributed by atoms with E-state index < -0.39 is 139 Å². The molecule has 2 aromatic carbocycles. The number of hydrogen-bond acceptors (Lipinski definition) is 12. The van der Waals surface area contributed by atoms with Crippen molar-refractivity contribution in [3.63, 3.8) is 0 Å². The van der Waals surface area contributed by atoms with Crippen LogP contribution in [-0.4, -0.2) is 186 Å². The molecule has 0 aromatic heterocycles. The quantitative estimate of drug-likeness (QED) is 0.0374. The molecule has 14 nitrogen and oxygen atoms in total. The standard InChI is InChI=1S/2C36H80N2O5SSi8/c2*1-41-33-25-27-35(28-26-33)44(39,40)38-37-30-29-34(42-51(45(2,3)4,46(5,6)7)47(8,9)10)31-36(32-23-21-20-22-24-32)43-52(48(11,12)13,49(14,15)16)50(17,18)19/h2*25-28,30,32,34,36,38H,20-24,29,31H2,1-19H3/b2*37-30+/t2*34-,36-/m11/s1. The average molecular weight is 1760 g/mol. The van der Waals surface area contributed by atoms with E-state index in [1.165, 1.54) is 64.2 Å². The molecule has 604 valence electrons. The van der Waals surface area contributed by atoms with Crippen LogP contribution in [0.2, 0.25) is 236 Å². The van der Waals surface area contributed by atoms with Gasteiger partial charge in [-0.3, -0.25) is 0 Å². The van der Waals surface area contributed by atoms with Gasteiger partial charge in [0, 0.05) is 37.5 Å². The fourth-order valence-corrected chi connectivity index (χ4v) is 402. The number of sulfonamides is 2. The van der Waals surface area contributed by atoms with E-state index in [2.05, 4.69) is 256 Å². The minimum absolute atomic E-state index is 0.0605. The molecule has 4 rings (SSSR count). The van der Waals surface area contributed by atoms with Crippen LogP contribution in [0.1, 0.15) is 89.9 Å². The van der Waals surface area contributed by atoms with E-state index in [1.54, 1.807) is 75.2 Å². The van der Waals surface area contributed by atoms with Gasteiger partial charge in [0.05, 0.1) is 127 Å². The van der Waals surface area contributed by atoms with Crippen molar-refractivity contribution in [3.05, 3.63) is 48.5 Å². The molecule has 0 amide bonds. The molecule has 0 heterocycles. The van der Waals surface area contributed by atoms with Gasteiger partial charge in [0.1, 0.15) is 11.5 Å². The van der Waals surface area contributed by atoms with Crippen LogP contribution in [0.15, 0.2) is 68.5 Å². The number of rotatable bonds is 38. The summed E-state index contributed by atoms with van der Waals surface area (Å²) >= 11 is 0. The Morgan fingerprint density at radius 3 is 0.731 bits per heavy atom. The van der Waals surface area contributed by atoms with Crippen LogP contribution in [0.5, 0.6) is 11.5 Å². The Labute approximate surface area is 654 Å². The summed E-state index contributed by atoms with van der Waals surface area (Å²) in [6.45, 7) is 85.1. The maximum absolute atomic E-state index is 13.2.